The zero-order chi connectivity index (χ0) is 13.9. The molecule has 1 rings (SSSR count). The van der Waals surface area contributed by atoms with E-state index < -0.39 is 23.1 Å². The van der Waals surface area contributed by atoms with Crippen molar-refractivity contribution in [3.63, 3.8) is 0 Å². The minimum absolute atomic E-state index is 0.0774. The Hall–Kier alpha value is -2.03. The molecule has 0 amide bonds. The summed E-state index contributed by atoms with van der Waals surface area (Å²) in [5.41, 5.74) is -2.09. The molecule has 0 N–H and O–H groups in total. The summed E-state index contributed by atoms with van der Waals surface area (Å²) in [6.07, 6.45) is -4.71. The minimum atomic E-state index is -4.71. The Balaban J connectivity index is 3.58. The smallest absolute Gasteiger partial charge is 0.417 e. The number of carbonyl (C=O) groups excluding carboxylic acids is 1. The molecule has 18 heavy (non-hydrogen) atoms. The van der Waals surface area contributed by atoms with Gasteiger partial charge in [-0.05, 0) is 26.0 Å². The van der Waals surface area contributed by atoms with E-state index in [2.05, 4.69) is 0 Å². The van der Waals surface area contributed by atoms with E-state index >= 15 is 0 Å². The van der Waals surface area contributed by atoms with Crippen LogP contribution in [0.4, 0.5) is 13.2 Å². The van der Waals surface area contributed by atoms with Crippen LogP contribution in [0.1, 0.15) is 35.3 Å². The number of benzene rings is 1. The van der Waals surface area contributed by atoms with Gasteiger partial charge >= 0.3 is 6.18 Å². The molecular formula is C12H10F3NO2. The van der Waals surface area contributed by atoms with Crippen LogP contribution in [-0.2, 0) is 6.18 Å². The number of alkyl halides is 3. The number of ether oxygens (including phenoxy) is 1. The Morgan fingerprint density at radius 3 is 2.44 bits per heavy atom. The molecule has 3 nitrogen and oxygen atoms in total. The molecule has 0 bridgehead atoms. The third-order valence-corrected chi connectivity index (χ3v) is 2.20. The second kappa shape index (κ2) is 5.08. The molecule has 0 aliphatic rings. The molecule has 0 fully saturated rings. The first-order valence-electron chi connectivity index (χ1n) is 5.10. The number of nitrogens with zero attached hydrogens (tertiary/aromatic N) is 1. The highest BCUT2D eigenvalue weighted by Gasteiger charge is 2.36. The van der Waals surface area contributed by atoms with Crippen molar-refractivity contribution >= 4 is 5.78 Å². The Bertz CT molecular complexity index is 515. The van der Waals surface area contributed by atoms with E-state index in [1.807, 2.05) is 0 Å². The number of halogens is 3. The molecule has 0 saturated heterocycles. The molecule has 0 saturated carbocycles. The summed E-state index contributed by atoms with van der Waals surface area (Å²) < 4.78 is 43.4. The zero-order valence-corrected chi connectivity index (χ0v) is 9.76. The number of hydrogen-bond donors (Lipinski definition) is 0. The van der Waals surface area contributed by atoms with Crippen LogP contribution in [0.15, 0.2) is 12.1 Å². The van der Waals surface area contributed by atoms with E-state index in [1.54, 1.807) is 13.0 Å². The predicted molar refractivity (Wildman–Crippen MR) is 57.3 cm³/mol. The molecule has 0 aromatic heterocycles. The first-order valence-corrected chi connectivity index (χ1v) is 5.10. The maximum atomic E-state index is 12.8. The average Bonchev–Trinajstić information content (AvgIpc) is 2.26. The first-order chi connectivity index (χ1) is 8.31. The molecule has 1 aromatic carbocycles. The molecule has 0 heterocycles. The van der Waals surface area contributed by atoms with Gasteiger partial charge in [-0.2, -0.15) is 18.4 Å². The molecule has 0 aliphatic carbocycles. The molecule has 0 atom stereocenters. The SMILES string of the molecule is CCOc1cc(C#N)c(C(C)=O)c(C(F)(F)F)c1. The Labute approximate surface area is 102 Å². The normalized spacial score (nSPS) is 10.9. The summed E-state index contributed by atoms with van der Waals surface area (Å²) in [5.74, 6) is -0.881. The van der Waals surface area contributed by atoms with Gasteiger partial charge < -0.3 is 4.74 Å². The lowest BCUT2D eigenvalue weighted by atomic mass is 9.97. The molecule has 0 radical (unpaired) electrons. The van der Waals surface area contributed by atoms with E-state index in [1.165, 1.54) is 0 Å². The summed E-state index contributed by atoms with van der Waals surface area (Å²) in [7, 11) is 0. The first kappa shape index (κ1) is 14.0. The van der Waals surface area contributed by atoms with Crippen LogP contribution < -0.4 is 4.74 Å². The highest BCUT2D eigenvalue weighted by molar-refractivity contribution is 5.98. The van der Waals surface area contributed by atoms with E-state index in [9.17, 15) is 18.0 Å². The van der Waals surface area contributed by atoms with E-state index in [4.69, 9.17) is 10.00 Å². The van der Waals surface area contributed by atoms with Gasteiger partial charge in [0.1, 0.15) is 11.8 Å². The van der Waals surface area contributed by atoms with Gasteiger partial charge in [0.15, 0.2) is 5.78 Å². The lowest BCUT2D eigenvalue weighted by molar-refractivity contribution is -0.138. The van der Waals surface area contributed by atoms with Crippen molar-refractivity contribution in [2.45, 2.75) is 20.0 Å². The van der Waals surface area contributed by atoms with Crippen LogP contribution in [0, 0.1) is 11.3 Å². The lowest BCUT2D eigenvalue weighted by Crippen LogP contribution is -2.14. The monoisotopic (exact) mass is 257 g/mol. The zero-order valence-electron chi connectivity index (χ0n) is 9.76. The molecular weight excluding hydrogens is 247 g/mol. The van der Waals surface area contributed by atoms with Gasteiger partial charge in [-0.15, -0.1) is 0 Å². The standard InChI is InChI=1S/C12H10F3NO2/c1-3-18-9-4-8(6-16)11(7(2)17)10(5-9)12(13,14)15/h4-5H,3H2,1-2H3. The summed E-state index contributed by atoms with van der Waals surface area (Å²) in [5, 5.41) is 8.83. The third-order valence-electron chi connectivity index (χ3n) is 2.20. The average molecular weight is 257 g/mol. The maximum absolute atomic E-state index is 12.8. The number of hydrogen-bond acceptors (Lipinski definition) is 3. The number of carbonyl (C=O) groups is 1. The molecule has 96 valence electrons. The van der Waals surface area contributed by atoms with Crippen molar-refractivity contribution in [2.24, 2.45) is 0 Å². The van der Waals surface area contributed by atoms with E-state index in [0.717, 1.165) is 19.1 Å². The van der Waals surface area contributed by atoms with Crippen LogP contribution in [0.5, 0.6) is 5.75 Å². The quantitative estimate of drug-likeness (QED) is 0.781. The molecule has 0 spiro atoms. The van der Waals surface area contributed by atoms with Gasteiger partial charge in [-0.1, -0.05) is 0 Å². The van der Waals surface area contributed by atoms with Crippen molar-refractivity contribution in [2.75, 3.05) is 6.61 Å². The Morgan fingerprint density at radius 1 is 1.44 bits per heavy atom. The number of ketones is 1. The van der Waals surface area contributed by atoms with Crippen molar-refractivity contribution < 1.29 is 22.7 Å². The molecule has 1 aromatic rings. The van der Waals surface area contributed by atoms with Crippen molar-refractivity contribution in [3.8, 4) is 11.8 Å². The van der Waals surface area contributed by atoms with Crippen LogP contribution in [0.2, 0.25) is 0 Å². The maximum Gasteiger partial charge on any atom is 0.417 e. The fraction of sp³-hybridized carbons (Fsp3) is 0.333. The third kappa shape index (κ3) is 2.80. The molecule has 0 unspecified atom stereocenters. The van der Waals surface area contributed by atoms with Crippen molar-refractivity contribution in [1.82, 2.24) is 0 Å². The largest absolute Gasteiger partial charge is 0.494 e. The number of Topliss-reactive ketones (excluding diaryl/α,β-unsaturated/α-hetero) is 1. The van der Waals surface area contributed by atoms with Crippen LogP contribution >= 0.6 is 0 Å². The minimum Gasteiger partial charge on any atom is -0.494 e. The van der Waals surface area contributed by atoms with Gasteiger partial charge in [-0.3, -0.25) is 4.79 Å². The van der Waals surface area contributed by atoms with Gasteiger partial charge in [0.25, 0.3) is 0 Å². The van der Waals surface area contributed by atoms with Crippen LogP contribution in [-0.4, -0.2) is 12.4 Å². The van der Waals surface area contributed by atoms with E-state index in [-0.39, 0.29) is 17.9 Å². The fourth-order valence-corrected chi connectivity index (χ4v) is 1.56. The Morgan fingerprint density at radius 2 is 2.06 bits per heavy atom. The second-order valence-electron chi connectivity index (χ2n) is 3.49. The van der Waals surface area contributed by atoms with Crippen LogP contribution in [0.25, 0.3) is 0 Å². The van der Waals surface area contributed by atoms with Gasteiger partial charge in [0, 0.05) is 5.56 Å². The summed E-state index contributed by atoms with van der Waals surface area (Å²) in [6, 6.07) is 3.46. The van der Waals surface area contributed by atoms with Gasteiger partial charge in [0.2, 0.25) is 0 Å². The molecule has 6 heteroatoms. The Kier molecular flexibility index (Phi) is 3.96. The van der Waals surface area contributed by atoms with Gasteiger partial charge in [0.05, 0.1) is 17.7 Å². The summed E-state index contributed by atoms with van der Waals surface area (Å²) >= 11 is 0. The summed E-state index contributed by atoms with van der Waals surface area (Å²) in [6.45, 7) is 2.77. The highest BCUT2D eigenvalue weighted by Crippen LogP contribution is 2.36. The van der Waals surface area contributed by atoms with Gasteiger partial charge in [-0.25, -0.2) is 0 Å². The number of nitriles is 1. The molecule has 0 aliphatic heterocycles. The van der Waals surface area contributed by atoms with Crippen molar-refractivity contribution in [1.29, 1.82) is 5.26 Å². The second-order valence-corrected chi connectivity index (χ2v) is 3.49. The topological polar surface area (TPSA) is 50.1 Å². The van der Waals surface area contributed by atoms with E-state index in [0.29, 0.717) is 0 Å². The fourth-order valence-electron chi connectivity index (χ4n) is 1.56. The lowest BCUT2D eigenvalue weighted by Gasteiger charge is -2.14. The summed E-state index contributed by atoms with van der Waals surface area (Å²) in [4.78, 5) is 11.3. The highest BCUT2D eigenvalue weighted by atomic mass is 19.4. The number of rotatable bonds is 3. The van der Waals surface area contributed by atoms with Crippen molar-refractivity contribution in [3.05, 3.63) is 28.8 Å². The predicted octanol–water partition coefficient (Wildman–Crippen LogP) is 3.18. The van der Waals surface area contributed by atoms with Crippen LogP contribution in [0.3, 0.4) is 0 Å².